The van der Waals surface area contributed by atoms with Gasteiger partial charge in [-0.2, -0.15) is 0 Å². The minimum atomic E-state index is -3.16. The molecule has 0 fully saturated rings. The second-order valence-electron chi connectivity index (χ2n) is 4.71. The highest BCUT2D eigenvalue weighted by molar-refractivity contribution is 7.91. The molecule has 4 heteroatoms. The van der Waals surface area contributed by atoms with E-state index in [1.807, 2.05) is 32.9 Å². The summed E-state index contributed by atoms with van der Waals surface area (Å²) in [4.78, 5) is 0.452. The van der Waals surface area contributed by atoms with E-state index in [0.717, 1.165) is 17.5 Å². The van der Waals surface area contributed by atoms with Crippen LogP contribution in [-0.2, 0) is 9.84 Å². The molecule has 0 heterocycles. The molecular formula is C13H21NO2S. The summed E-state index contributed by atoms with van der Waals surface area (Å²) >= 11 is 0. The van der Waals surface area contributed by atoms with Crippen LogP contribution in [0.3, 0.4) is 0 Å². The van der Waals surface area contributed by atoms with Crippen molar-refractivity contribution in [2.75, 3.05) is 5.75 Å². The first kappa shape index (κ1) is 14.2. The van der Waals surface area contributed by atoms with E-state index in [1.165, 1.54) is 0 Å². The van der Waals surface area contributed by atoms with Crippen LogP contribution in [0.25, 0.3) is 0 Å². The van der Waals surface area contributed by atoms with Crippen molar-refractivity contribution in [3.05, 3.63) is 29.3 Å². The summed E-state index contributed by atoms with van der Waals surface area (Å²) in [5, 5.41) is 0. The lowest BCUT2D eigenvalue weighted by Gasteiger charge is -2.09. The Hall–Kier alpha value is -0.870. The summed E-state index contributed by atoms with van der Waals surface area (Å²) < 4.78 is 24.2. The third-order valence-electron chi connectivity index (χ3n) is 2.74. The van der Waals surface area contributed by atoms with E-state index in [-0.39, 0.29) is 11.8 Å². The Bertz CT molecular complexity index is 478. The van der Waals surface area contributed by atoms with Crippen LogP contribution < -0.4 is 5.73 Å². The van der Waals surface area contributed by atoms with Gasteiger partial charge in [0.1, 0.15) is 0 Å². The van der Waals surface area contributed by atoms with Gasteiger partial charge in [-0.1, -0.05) is 17.7 Å². The number of sulfone groups is 1. The highest BCUT2D eigenvalue weighted by atomic mass is 32.2. The quantitative estimate of drug-likeness (QED) is 0.877. The lowest BCUT2D eigenvalue weighted by atomic mass is 10.2. The van der Waals surface area contributed by atoms with Crippen LogP contribution in [0.15, 0.2) is 23.1 Å². The second-order valence-corrected chi connectivity index (χ2v) is 6.78. The van der Waals surface area contributed by atoms with Crippen LogP contribution >= 0.6 is 0 Å². The third kappa shape index (κ3) is 4.13. The maximum absolute atomic E-state index is 12.1. The number of benzene rings is 1. The van der Waals surface area contributed by atoms with Crippen LogP contribution in [0.5, 0.6) is 0 Å². The smallest absolute Gasteiger partial charge is 0.178 e. The van der Waals surface area contributed by atoms with Gasteiger partial charge < -0.3 is 5.73 Å². The van der Waals surface area contributed by atoms with E-state index in [9.17, 15) is 8.42 Å². The molecule has 0 aromatic heterocycles. The molecule has 0 saturated heterocycles. The number of nitrogens with two attached hydrogens (primary N) is 1. The molecule has 1 unspecified atom stereocenters. The maximum Gasteiger partial charge on any atom is 0.178 e. The molecule has 0 aliphatic heterocycles. The summed E-state index contributed by atoms with van der Waals surface area (Å²) in [6.07, 6.45) is 1.36. The van der Waals surface area contributed by atoms with Crippen molar-refractivity contribution in [1.82, 2.24) is 0 Å². The van der Waals surface area contributed by atoms with E-state index in [1.54, 1.807) is 6.07 Å². The predicted octanol–water partition coefficient (Wildman–Crippen LogP) is 2.20. The number of aryl methyl sites for hydroxylation is 2. The number of rotatable bonds is 5. The monoisotopic (exact) mass is 255 g/mol. The maximum atomic E-state index is 12.1. The number of hydrogen-bond donors (Lipinski definition) is 1. The fraction of sp³-hybridized carbons (Fsp3) is 0.538. The summed E-state index contributed by atoms with van der Waals surface area (Å²) in [5.74, 6) is 0.179. The Morgan fingerprint density at radius 1 is 1.29 bits per heavy atom. The van der Waals surface area contributed by atoms with Crippen molar-refractivity contribution in [3.63, 3.8) is 0 Å². The van der Waals surface area contributed by atoms with Gasteiger partial charge in [-0.25, -0.2) is 8.42 Å². The molecule has 1 rings (SSSR count). The van der Waals surface area contributed by atoms with E-state index >= 15 is 0 Å². The molecule has 17 heavy (non-hydrogen) atoms. The average molecular weight is 255 g/mol. The summed E-state index contributed by atoms with van der Waals surface area (Å²) in [6.45, 7) is 5.69. The summed E-state index contributed by atoms with van der Waals surface area (Å²) in [7, 11) is -3.16. The van der Waals surface area contributed by atoms with E-state index < -0.39 is 9.84 Å². The van der Waals surface area contributed by atoms with Gasteiger partial charge in [0.25, 0.3) is 0 Å². The SMILES string of the molecule is Cc1ccc(S(=O)(=O)CCCC(C)N)c(C)c1. The zero-order valence-corrected chi connectivity index (χ0v) is 11.5. The van der Waals surface area contributed by atoms with Gasteiger partial charge in [0.15, 0.2) is 9.84 Å². The Kier molecular flexibility index (Phi) is 4.71. The minimum absolute atomic E-state index is 0.0596. The molecule has 0 spiro atoms. The molecule has 0 amide bonds. The van der Waals surface area contributed by atoms with Crippen molar-refractivity contribution in [2.45, 2.75) is 44.6 Å². The van der Waals surface area contributed by atoms with Gasteiger partial charge in [0.2, 0.25) is 0 Å². The normalized spacial score (nSPS) is 13.6. The van der Waals surface area contributed by atoms with Crippen molar-refractivity contribution < 1.29 is 8.42 Å². The second kappa shape index (κ2) is 5.65. The standard InChI is InChI=1S/C13H21NO2S/c1-10-6-7-13(11(2)9-10)17(15,16)8-4-5-12(3)14/h6-7,9,12H,4-5,8,14H2,1-3H3. The van der Waals surface area contributed by atoms with E-state index in [4.69, 9.17) is 5.73 Å². The zero-order valence-electron chi connectivity index (χ0n) is 10.7. The third-order valence-corrected chi connectivity index (χ3v) is 4.69. The minimum Gasteiger partial charge on any atom is -0.328 e. The molecule has 1 aromatic rings. The molecule has 0 bridgehead atoms. The summed E-state index contributed by atoms with van der Waals surface area (Å²) in [6, 6.07) is 5.50. The fourth-order valence-corrected chi connectivity index (χ4v) is 3.45. The van der Waals surface area contributed by atoms with Crippen LogP contribution in [0.4, 0.5) is 0 Å². The highest BCUT2D eigenvalue weighted by Crippen LogP contribution is 2.19. The van der Waals surface area contributed by atoms with Gasteiger partial charge in [0, 0.05) is 6.04 Å². The Labute approximate surface area is 104 Å². The van der Waals surface area contributed by atoms with Gasteiger partial charge in [-0.3, -0.25) is 0 Å². The molecule has 0 radical (unpaired) electrons. The average Bonchev–Trinajstić information content (AvgIpc) is 2.15. The van der Waals surface area contributed by atoms with Gasteiger partial charge in [-0.15, -0.1) is 0 Å². The molecule has 3 nitrogen and oxygen atoms in total. The lowest BCUT2D eigenvalue weighted by molar-refractivity contribution is 0.584. The van der Waals surface area contributed by atoms with Crippen LogP contribution in [0, 0.1) is 13.8 Å². The molecule has 1 aromatic carbocycles. The zero-order chi connectivity index (χ0) is 13.1. The van der Waals surface area contributed by atoms with Crippen molar-refractivity contribution in [3.8, 4) is 0 Å². The molecule has 0 aliphatic rings. The molecule has 1 atom stereocenters. The Morgan fingerprint density at radius 3 is 2.47 bits per heavy atom. The first-order chi connectivity index (χ1) is 7.83. The highest BCUT2D eigenvalue weighted by Gasteiger charge is 2.16. The van der Waals surface area contributed by atoms with Crippen molar-refractivity contribution >= 4 is 9.84 Å². The fourth-order valence-electron chi connectivity index (χ4n) is 1.85. The van der Waals surface area contributed by atoms with Gasteiger partial charge >= 0.3 is 0 Å². The van der Waals surface area contributed by atoms with Crippen molar-refractivity contribution in [2.24, 2.45) is 5.73 Å². The van der Waals surface area contributed by atoms with Gasteiger partial charge in [0.05, 0.1) is 10.6 Å². The molecular weight excluding hydrogens is 234 g/mol. The van der Waals surface area contributed by atoms with Crippen LogP contribution in [0.1, 0.15) is 30.9 Å². The molecule has 0 aliphatic carbocycles. The van der Waals surface area contributed by atoms with Crippen molar-refractivity contribution in [1.29, 1.82) is 0 Å². The summed E-state index contributed by atoms with van der Waals surface area (Å²) in [5.41, 5.74) is 7.52. The van der Waals surface area contributed by atoms with Gasteiger partial charge in [-0.05, 0) is 45.2 Å². The van der Waals surface area contributed by atoms with Crippen LogP contribution in [0.2, 0.25) is 0 Å². The number of hydrogen-bond acceptors (Lipinski definition) is 3. The lowest BCUT2D eigenvalue weighted by Crippen LogP contribution is -2.17. The molecule has 2 N–H and O–H groups in total. The largest absolute Gasteiger partial charge is 0.328 e. The Balaban J connectivity index is 2.83. The van der Waals surface area contributed by atoms with Crippen LogP contribution in [-0.4, -0.2) is 20.2 Å². The molecule has 0 saturated carbocycles. The first-order valence-electron chi connectivity index (χ1n) is 5.88. The molecule has 96 valence electrons. The topological polar surface area (TPSA) is 60.2 Å². The first-order valence-corrected chi connectivity index (χ1v) is 7.54. The van der Waals surface area contributed by atoms with E-state index in [2.05, 4.69) is 0 Å². The Morgan fingerprint density at radius 2 is 1.94 bits per heavy atom. The predicted molar refractivity (Wildman–Crippen MR) is 70.9 cm³/mol. The van der Waals surface area contributed by atoms with E-state index in [0.29, 0.717) is 11.3 Å².